The molecule has 2 aromatic rings. The van der Waals surface area contributed by atoms with Crippen molar-refractivity contribution in [3.8, 4) is 0 Å². The number of carboxylic acids is 1. The van der Waals surface area contributed by atoms with Gasteiger partial charge in [0.25, 0.3) is 0 Å². The van der Waals surface area contributed by atoms with E-state index in [0.717, 1.165) is 32.4 Å². The molecule has 1 amide bonds. The third-order valence-corrected chi connectivity index (χ3v) is 6.73. The van der Waals surface area contributed by atoms with Crippen LogP contribution in [0.1, 0.15) is 55.2 Å². The maximum absolute atomic E-state index is 13.1. The van der Waals surface area contributed by atoms with E-state index >= 15 is 0 Å². The molecule has 2 aliphatic heterocycles. The summed E-state index contributed by atoms with van der Waals surface area (Å²) in [5.74, 6) is -0.784. The molecule has 1 unspecified atom stereocenters. The maximum Gasteiger partial charge on any atom is 0.303 e. The Bertz CT molecular complexity index is 917. The minimum Gasteiger partial charge on any atom is -0.481 e. The van der Waals surface area contributed by atoms with Gasteiger partial charge >= 0.3 is 5.97 Å². The van der Waals surface area contributed by atoms with E-state index in [-0.39, 0.29) is 24.3 Å². The summed E-state index contributed by atoms with van der Waals surface area (Å²) in [7, 11) is 0. The number of carbonyl (C=O) groups is 2. The highest BCUT2D eigenvalue weighted by Gasteiger charge is 2.43. The SMILES string of the molecule is O=C(O)CCCC(=O)N1Cc2ccccc2CC2(CCCCN2Cc2ccncc2)C1. The summed E-state index contributed by atoms with van der Waals surface area (Å²) in [4.78, 5) is 32.7. The molecule has 0 radical (unpaired) electrons. The molecule has 6 nitrogen and oxygen atoms in total. The second kappa shape index (κ2) is 9.60. The Hall–Kier alpha value is -2.73. The van der Waals surface area contributed by atoms with Crippen molar-refractivity contribution in [1.29, 1.82) is 0 Å². The standard InChI is InChI=1S/C25H31N3O3/c29-23(8-5-9-24(30)31)27-18-22-7-2-1-6-21(22)16-25(19-27)12-3-4-15-28(25)17-20-10-13-26-14-11-20/h1-2,6-7,10-11,13-14H,3-5,8-9,12,15-19H2,(H,30,31). The summed E-state index contributed by atoms with van der Waals surface area (Å²) in [5, 5.41) is 8.95. The Labute approximate surface area is 183 Å². The quantitative estimate of drug-likeness (QED) is 0.771. The van der Waals surface area contributed by atoms with Crippen LogP contribution in [0, 0.1) is 0 Å². The van der Waals surface area contributed by atoms with Gasteiger partial charge in [0.05, 0.1) is 0 Å². The van der Waals surface area contributed by atoms with Gasteiger partial charge in [-0.05, 0) is 61.1 Å². The number of piperidine rings is 1. The van der Waals surface area contributed by atoms with Crippen molar-refractivity contribution in [2.24, 2.45) is 0 Å². The Morgan fingerprint density at radius 1 is 1.03 bits per heavy atom. The molecule has 31 heavy (non-hydrogen) atoms. The molecule has 0 bridgehead atoms. The number of aliphatic carboxylic acids is 1. The third kappa shape index (κ3) is 5.13. The number of amides is 1. The molecule has 3 heterocycles. The first-order chi connectivity index (χ1) is 15.1. The van der Waals surface area contributed by atoms with Gasteiger partial charge in [-0.1, -0.05) is 30.7 Å². The molecular weight excluding hydrogens is 390 g/mol. The zero-order valence-electron chi connectivity index (χ0n) is 18.0. The average molecular weight is 422 g/mol. The van der Waals surface area contributed by atoms with Crippen LogP contribution in [0.5, 0.6) is 0 Å². The zero-order chi connectivity index (χ0) is 21.7. The van der Waals surface area contributed by atoms with Gasteiger partial charge in [0, 0.05) is 50.4 Å². The smallest absolute Gasteiger partial charge is 0.303 e. The van der Waals surface area contributed by atoms with E-state index < -0.39 is 5.97 Å². The number of benzene rings is 1. The number of hydrogen-bond donors (Lipinski definition) is 1. The number of likely N-dealkylation sites (tertiary alicyclic amines) is 1. The number of carboxylic acid groups (broad SMARTS) is 1. The summed E-state index contributed by atoms with van der Waals surface area (Å²) in [6.07, 6.45) is 8.72. The van der Waals surface area contributed by atoms with Crippen LogP contribution >= 0.6 is 0 Å². The van der Waals surface area contributed by atoms with Gasteiger partial charge in [0.15, 0.2) is 0 Å². The number of rotatable bonds is 6. The fourth-order valence-corrected chi connectivity index (χ4v) is 5.12. The number of pyridine rings is 1. The van der Waals surface area contributed by atoms with Crippen LogP contribution in [0.2, 0.25) is 0 Å². The number of fused-ring (bicyclic) bond motifs is 1. The van der Waals surface area contributed by atoms with Crippen LogP contribution in [0.3, 0.4) is 0 Å². The molecule has 164 valence electrons. The Morgan fingerprint density at radius 2 is 1.81 bits per heavy atom. The van der Waals surface area contributed by atoms with Crippen LogP contribution < -0.4 is 0 Å². The van der Waals surface area contributed by atoms with Gasteiger partial charge in [0.1, 0.15) is 0 Å². The molecular formula is C25H31N3O3. The predicted molar refractivity (Wildman–Crippen MR) is 118 cm³/mol. The van der Waals surface area contributed by atoms with E-state index in [0.29, 0.717) is 19.5 Å². The van der Waals surface area contributed by atoms with E-state index in [9.17, 15) is 9.59 Å². The van der Waals surface area contributed by atoms with Crippen LogP contribution in [0.4, 0.5) is 0 Å². The lowest BCUT2D eigenvalue weighted by atomic mass is 9.80. The molecule has 1 aromatic heterocycles. The lowest BCUT2D eigenvalue weighted by molar-refractivity contribution is -0.137. The molecule has 4 rings (SSSR count). The summed E-state index contributed by atoms with van der Waals surface area (Å²) < 4.78 is 0. The Balaban J connectivity index is 1.62. The first-order valence-corrected chi connectivity index (χ1v) is 11.3. The van der Waals surface area contributed by atoms with E-state index in [4.69, 9.17) is 5.11 Å². The van der Waals surface area contributed by atoms with Crippen molar-refractivity contribution in [3.05, 3.63) is 65.5 Å². The number of aromatic nitrogens is 1. The highest BCUT2D eigenvalue weighted by atomic mass is 16.4. The fourth-order valence-electron chi connectivity index (χ4n) is 5.12. The van der Waals surface area contributed by atoms with Gasteiger partial charge in [-0.2, -0.15) is 0 Å². The molecule has 0 aliphatic carbocycles. The van der Waals surface area contributed by atoms with Gasteiger partial charge in [-0.3, -0.25) is 19.5 Å². The lowest BCUT2D eigenvalue weighted by Crippen LogP contribution is -2.58. The van der Waals surface area contributed by atoms with Gasteiger partial charge in [-0.25, -0.2) is 0 Å². The van der Waals surface area contributed by atoms with Crippen molar-refractivity contribution in [3.63, 3.8) is 0 Å². The first-order valence-electron chi connectivity index (χ1n) is 11.3. The predicted octanol–water partition coefficient (Wildman–Crippen LogP) is 3.65. The van der Waals surface area contributed by atoms with Crippen molar-refractivity contribution in [2.75, 3.05) is 13.1 Å². The lowest BCUT2D eigenvalue weighted by Gasteiger charge is -2.49. The summed E-state index contributed by atoms with van der Waals surface area (Å²) in [6.45, 7) is 3.17. The van der Waals surface area contributed by atoms with Crippen LogP contribution in [0.25, 0.3) is 0 Å². The Kier molecular flexibility index (Phi) is 6.66. The monoisotopic (exact) mass is 421 g/mol. The van der Waals surface area contributed by atoms with E-state index in [2.05, 4.69) is 40.2 Å². The summed E-state index contributed by atoms with van der Waals surface area (Å²) in [6, 6.07) is 12.6. The fraction of sp³-hybridized carbons (Fsp3) is 0.480. The van der Waals surface area contributed by atoms with Crippen molar-refractivity contribution < 1.29 is 14.7 Å². The van der Waals surface area contributed by atoms with Gasteiger partial charge in [-0.15, -0.1) is 0 Å². The van der Waals surface area contributed by atoms with E-state index in [1.54, 1.807) is 0 Å². The maximum atomic E-state index is 13.1. The molecule has 1 fully saturated rings. The number of hydrogen-bond acceptors (Lipinski definition) is 4. The number of nitrogens with zero attached hydrogens (tertiary/aromatic N) is 3. The molecule has 1 saturated heterocycles. The highest BCUT2D eigenvalue weighted by Crippen LogP contribution is 2.37. The van der Waals surface area contributed by atoms with Crippen molar-refractivity contribution in [1.82, 2.24) is 14.8 Å². The molecule has 1 aromatic carbocycles. The normalized spacial score (nSPS) is 21.5. The molecule has 1 N–H and O–H groups in total. The Morgan fingerprint density at radius 3 is 2.58 bits per heavy atom. The molecule has 6 heteroatoms. The minimum atomic E-state index is -0.846. The van der Waals surface area contributed by atoms with Crippen LogP contribution in [-0.4, -0.2) is 50.4 Å². The van der Waals surface area contributed by atoms with Crippen molar-refractivity contribution >= 4 is 11.9 Å². The zero-order valence-corrected chi connectivity index (χ0v) is 18.0. The summed E-state index contributed by atoms with van der Waals surface area (Å²) in [5.41, 5.74) is 3.68. The second-order valence-corrected chi connectivity index (χ2v) is 8.90. The van der Waals surface area contributed by atoms with Gasteiger partial charge < -0.3 is 10.0 Å². The highest BCUT2D eigenvalue weighted by molar-refractivity contribution is 5.77. The number of carbonyl (C=O) groups excluding carboxylic acids is 1. The largest absolute Gasteiger partial charge is 0.481 e. The van der Waals surface area contributed by atoms with E-state index in [1.165, 1.54) is 23.1 Å². The van der Waals surface area contributed by atoms with Crippen molar-refractivity contribution in [2.45, 2.75) is 63.6 Å². The third-order valence-electron chi connectivity index (χ3n) is 6.73. The molecule has 1 spiro atoms. The van der Waals surface area contributed by atoms with Crippen LogP contribution in [0.15, 0.2) is 48.8 Å². The van der Waals surface area contributed by atoms with Crippen LogP contribution in [-0.2, 0) is 29.1 Å². The first kappa shape index (κ1) is 21.5. The van der Waals surface area contributed by atoms with Gasteiger partial charge in [0.2, 0.25) is 5.91 Å². The summed E-state index contributed by atoms with van der Waals surface area (Å²) >= 11 is 0. The minimum absolute atomic E-state index is 0.0372. The molecule has 1 atom stereocenters. The molecule has 0 saturated carbocycles. The van der Waals surface area contributed by atoms with E-state index in [1.807, 2.05) is 23.4 Å². The molecule has 2 aliphatic rings. The second-order valence-electron chi connectivity index (χ2n) is 8.90. The average Bonchev–Trinajstić information content (AvgIpc) is 2.93. The topological polar surface area (TPSA) is 73.7 Å².